The maximum absolute atomic E-state index is 10.8. The molecule has 0 spiro atoms. The van der Waals surface area contributed by atoms with Crippen molar-refractivity contribution >= 4 is 17.3 Å². The van der Waals surface area contributed by atoms with Crippen LogP contribution < -0.4 is 0 Å². The monoisotopic (exact) mass is 287 g/mol. The summed E-state index contributed by atoms with van der Waals surface area (Å²) in [6.07, 6.45) is 1.19. The van der Waals surface area contributed by atoms with Gasteiger partial charge in [-0.05, 0) is 24.3 Å². The van der Waals surface area contributed by atoms with Crippen LogP contribution >= 0.6 is 11.3 Å². The van der Waals surface area contributed by atoms with Gasteiger partial charge in [0.15, 0.2) is 5.76 Å². The summed E-state index contributed by atoms with van der Waals surface area (Å²) in [5, 5.41) is 20.7. The van der Waals surface area contributed by atoms with Crippen LogP contribution in [0.25, 0.3) is 22.0 Å². The second-order valence-electron chi connectivity index (χ2n) is 4.09. The molecule has 1 aromatic carbocycles. The van der Waals surface area contributed by atoms with Crippen molar-refractivity contribution < 1.29 is 19.4 Å². The molecule has 100 valence electrons. The van der Waals surface area contributed by atoms with E-state index in [4.69, 9.17) is 9.52 Å². The standard InChI is InChI=1S/C14H9NO4S/c16-10-3-1-8(2-4-10)13-15-11(7-20-13)12-5-9(6-19-12)14(17)18/h1-7,16H,(H,17,18). The normalized spacial score (nSPS) is 10.6. The van der Waals surface area contributed by atoms with Gasteiger partial charge in [-0.2, -0.15) is 0 Å². The van der Waals surface area contributed by atoms with Gasteiger partial charge in [0.2, 0.25) is 0 Å². The van der Waals surface area contributed by atoms with Crippen molar-refractivity contribution in [3.63, 3.8) is 0 Å². The third-order valence-corrected chi connectivity index (χ3v) is 3.61. The van der Waals surface area contributed by atoms with E-state index < -0.39 is 5.97 Å². The quantitative estimate of drug-likeness (QED) is 0.770. The number of rotatable bonds is 3. The van der Waals surface area contributed by atoms with Gasteiger partial charge in [0.25, 0.3) is 0 Å². The summed E-state index contributed by atoms with van der Waals surface area (Å²) in [6, 6.07) is 8.15. The average molecular weight is 287 g/mol. The molecular weight excluding hydrogens is 278 g/mol. The third-order valence-electron chi connectivity index (χ3n) is 2.72. The molecule has 0 aliphatic heterocycles. The van der Waals surface area contributed by atoms with Crippen LogP contribution in [0.2, 0.25) is 0 Å². The zero-order chi connectivity index (χ0) is 14.1. The van der Waals surface area contributed by atoms with Crippen molar-refractivity contribution in [3.05, 3.63) is 47.5 Å². The largest absolute Gasteiger partial charge is 0.508 e. The van der Waals surface area contributed by atoms with Gasteiger partial charge in [0.1, 0.15) is 22.7 Å². The van der Waals surface area contributed by atoms with Crippen LogP contribution in [0.5, 0.6) is 5.75 Å². The van der Waals surface area contributed by atoms with Crippen molar-refractivity contribution in [1.29, 1.82) is 0 Å². The lowest BCUT2D eigenvalue weighted by Gasteiger charge is -1.95. The molecule has 0 fully saturated rings. The number of carboxylic acid groups (broad SMARTS) is 1. The highest BCUT2D eigenvalue weighted by molar-refractivity contribution is 7.13. The fourth-order valence-electron chi connectivity index (χ4n) is 1.71. The molecule has 0 saturated heterocycles. The van der Waals surface area contributed by atoms with Crippen molar-refractivity contribution in [2.75, 3.05) is 0 Å². The van der Waals surface area contributed by atoms with E-state index in [9.17, 15) is 9.90 Å². The first kappa shape index (κ1) is 12.4. The van der Waals surface area contributed by atoms with Crippen LogP contribution in [-0.2, 0) is 0 Å². The Morgan fingerprint density at radius 2 is 2.00 bits per heavy atom. The highest BCUT2D eigenvalue weighted by Crippen LogP contribution is 2.30. The summed E-state index contributed by atoms with van der Waals surface area (Å²) in [4.78, 5) is 15.2. The van der Waals surface area contributed by atoms with Gasteiger partial charge in [-0.3, -0.25) is 0 Å². The first-order valence-corrected chi connectivity index (χ1v) is 6.58. The first-order chi connectivity index (χ1) is 9.63. The molecule has 6 heteroatoms. The SMILES string of the molecule is O=C(O)c1coc(-c2csc(-c3ccc(O)cc3)n2)c1. The number of phenolic OH excluding ortho intramolecular Hbond substituents is 1. The molecule has 0 atom stereocenters. The molecular formula is C14H9NO4S. The predicted octanol–water partition coefficient (Wildman–Crippen LogP) is 3.47. The van der Waals surface area contributed by atoms with Gasteiger partial charge in [0, 0.05) is 17.0 Å². The number of hydrogen-bond donors (Lipinski definition) is 2. The van der Waals surface area contributed by atoms with E-state index in [2.05, 4.69) is 4.98 Å². The molecule has 2 aromatic heterocycles. The molecule has 0 bridgehead atoms. The molecule has 0 aliphatic carbocycles. The van der Waals surface area contributed by atoms with Crippen LogP contribution in [-0.4, -0.2) is 21.2 Å². The summed E-state index contributed by atoms with van der Waals surface area (Å²) in [7, 11) is 0. The van der Waals surface area contributed by atoms with Gasteiger partial charge in [-0.15, -0.1) is 11.3 Å². The summed E-state index contributed by atoms with van der Waals surface area (Å²) >= 11 is 1.42. The number of furan rings is 1. The van der Waals surface area contributed by atoms with E-state index >= 15 is 0 Å². The fraction of sp³-hybridized carbons (Fsp3) is 0. The van der Waals surface area contributed by atoms with Crippen molar-refractivity contribution in [2.24, 2.45) is 0 Å². The smallest absolute Gasteiger partial charge is 0.338 e. The van der Waals surface area contributed by atoms with Crippen molar-refractivity contribution in [1.82, 2.24) is 4.98 Å². The molecule has 20 heavy (non-hydrogen) atoms. The number of phenols is 1. The number of benzene rings is 1. The molecule has 2 N–H and O–H groups in total. The van der Waals surface area contributed by atoms with Crippen molar-refractivity contribution in [3.8, 4) is 27.8 Å². The topological polar surface area (TPSA) is 83.6 Å². The van der Waals surface area contributed by atoms with E-state index in [1.807, 2.05) is 0 Å². The molecule has 5 nitrogen and oxygen atoms in total. The lowest BCUT2D eigenvalue weighted by Crippen LogP contribution is -1.91. The third kappa shape index (κ3) is 2.28. The van der Waals surface area contributed by atoms with Gasteiger partial charge < -0.3 is 14.6 Å². The maximum atomic E-state index is 10.8. The number of aromatic nitrogens is 1. The first-order valence-electron chi connectivity index (χ1n) is 5.70. The highest BCUT2D eigenvalue weighted by Gasteiger charge is 2.13. The lowest BCUT2D eigenvalue weighted by molar-refractivity contribution is 0.0696. The molecule has 0 saturated carbocycles. The van der Waals surface area contributed by atoms with Crippen LogP contribution in [0.3, 0.4) is 0 Å². The summed E-state index contributed by atoms with van der Waals surface area (Å²) < 4.78 is 5.20. The highest BCUT2D eigenvalue weighted by atomic mass is 32.1. The Morgan fingerprint density at radius 1 is 1.25 bits per heavy atom. The van der Waals surface area contributed by atoms with Gasteiger partial charge >= 0.3 is 5.97 Å². The van der Waals surface area contributed by atoms with Crippen molar-refractivity contribution in [2.45, 2.75) is 0 Å². The van der Waals surface area contributed by atoms with E-state index in [1.54, 1.807) is 29.6 Å². The van der Waals surface area contributed by atoms with E-state index in [-0.39, 0.29) is 11.3 Å². The fourth-order valence-corrected chi connectivity index (χ4v) is 2.52. The van der Waals surface area contributed by atoms with E-state index in [1.165, 1.54) is 23.7 Å². The number of hydrogen-bond acceptors (Lipinski definition) is 5. The zero-order valence-electron chi connectivity index (χ0n) is 10.1. The number of aromatic carboxylic acids is 1. The van der Waals surface area contributed by atoms with Crippen LogP contribution in [0.15, 0.2) is 46.4 Å². The minimum absolute atomic E-state index is 0.0965. The van der Waals surface area contributed by atoms with Crippen LogP contribution in [0.4, 0.5) is 0 Å². The molecule has 2 heterocycles. The molecule has 0 radical (unpaired) electrons. The zero-order valence-corrected chi connectivity index (χ0v) is 10.9. The Kier molecular flexibility index (Phi) is 3.00. The molecule has 3 aromatic rings. The van der Waals surface area contributed by atoms with E-state index in [0.717, 1.165) is 10.6 Å². The Balaban J connectivity index is 1.93. The second-order valence-corrected chi connectivity index (χ2v) is 4.95. The Bertz CT molecular complexity index is 758. The number of nitrogens with zero attached hydrogens (tertiary/aromatic N) is 1. The van der Waals surface area contributed by atoms with Gasteiger partial charge in [0.05, 0.1) is 5.56 Å². The molecule has 0 amide bonds. The molecule has 3 rings (SSSR count). The Morgan fingerprint density at radius 3 is 2.65 bits per heavy atom. The molecule has 0 unspecified atom stereocenters. The summed E-state index contributed by atoms with van der Waals surface area (Å²) in [6.45, 7) is 0. The minimum Gasteiger partial charge on any atom is -0.508 e. The number of carbonyl (C=O) groups is 1. The summed E-state index contributed by atoms with van der Waals surface area (Å²) in [5.41, 5.74) is 1.56. The average Bonchev–Trinajstić information content (AvgIpc) is 3.08. The summed E-state index contributed by atoms with van der Waals surface area (Å²) in [5.74, 6) is -0.416. The second kappa shape index (κ2) is 4.82. The van der Waals surface area contributed by atoms with E-state index in [0.29, 0.717) is 11.5 Å². The molecule has 0 aliphatic rings. The van der Waals surface area contributed by atoms with Crippen LogP contribution in [0.1, 0.15) is 10.4 Å². The predicted molar refractivity (Wildman–Crippen MR) is 73.9 cm³/mol. The Hall–Kier alpha value is -2.60. The minimum atomic E-state index is -1.03. The number of aromatic hydroxyl groups is 1. The lowest BCUT2D eigenvalue weighted by atomic mass is 10.2. The number of carboxylic acids is 1. The van der Waals surface area contributed by atoms with Crippen LogP contribution in [0, 0.1) is 0 Å². The van der Waals surface area contributed by atoms with Gasteiger partial charge in [-0.25, -0.2) is 9.78 Å². The maximum Gasteiger partial charge on any atom is 0.338 e. The Labute approximate surface area is 117 Å². The number of thiazole rings is 1. The van der Waals surface area contributed by atoms with Gasteiger partial charge in [-0.1, -0.05) is 0 Å².